The summed E-state index contributed by atoms with van der Waals surface area (Å²) in [6, 6.07) is 27.2. The second-order valence-electron chi connectivity index (χ2n) is 17.8. The number of aromatic amines is 1. The standard InChI is InChI=1S/C47H64N5O10PSi/c1-31(2)52(32(3)4)63(59-27-15-26-48)61-42-39(60-41(43(42)62-64(10,11)46(5,6)7)38-28-51(29-40(49)53)45(55)50-44(38)54)30-58-47(33-16-13-12-14-17-33,34-18-22-36(56-8)23-19-34)35-20-24-37(57-9)25-21-35/h12-14,16-25,28,31-32,39,41-43H,15,27,29-30H2,1-11H3,(H2,49,53)(H,50,54,55)/t39-,41+,42-,43+,63?/m1/s1. The predicted molar refractivity (Wildman–Crippen MR) is 249 cm³/mol. The molecule has 15 nitrogen and oxygen atoms in total. The summed E-state index contributed by atoms with van der Waals surface area (Å²) in [4.78, 5) is 41.5. The molecule has 0 aliphatic carbocycles. The number of nitriles is 1. The highest BCUT2D eigenvalue weighted by Gasteiger charge is 2.54. The molecule has 1 aliphatic heterocycles. The lowest BCUT2D eigenvalue weighted by Gasteiger charge is -2.42. The van der Waals surface area contributed by atoms with Crippen LogP contribution in [-0.2, 0) is 39.9 Å². The van der Waals surface area contributed by atoms with E-state index in [1.807, 2.05) is 107 Å². The molecular formula is C47H64N5O10PSi. The lowest BCUT2D eigenvalue weighted by molar-refractivity contribution is -0.118. The maximum Gasteiger partial charge on any atom is 0.328 e. The van der Waals surface area contributed by atoms with Crippen LogP contribution in [0.25, 0.3) is 0 Å². The van der Waals surface area contributed by atoms with Crippen LogP contribution < -0.4 is 26.5 Å². The van der Waals surface area contributed by atoms with Gasteiger partial charge in [-0.25, -0.2) is 9.46 Å². The first-order chi connectivity index (χ1) is 30.3. The van der Waals surface area contributed by atoms with Crippen LogP contribution in [0.2, 0.25) is 18.1 Å². The van der Waals surface area contributed by atoms with Crippen molar-refractivity contribution in [1.29, 1.82) is 5.26 Å². The molecule has 0 radical (unpaired) electrons. The molecule has 64 heavy (non-hydrogen) atoms. The lowest BCUT2D eigenvalue weighted by atomic mass is 9.80. The molecule has 17 heteroatoms. The van der Waals surface area contributed by atoms with Crippen LogP contribution in [-0.4, -0.2) is 86.3 Å². The van der Waals surface area contributed by atoms with E-state index in [0.717, 1.165) is 21.3 Å². The van der Waals surface area contributed by atoms with Crippen molar-refractivity contribution in [3.05, 3.63) is 128 Å². The van der Waals surface area contributed by atoms with Gasteiger partial charge < -0.3 is 38.2 Å². The fraction of sp³-hybridized carbons (Fsp3) is 0.489. The van der Waals surface area contributed by atoms with Crippen LogP contribution in [0, 0.1) is 11.3 Å². The first-order valence-electron chi connectivity index (χ1n) is 21.5. The van der Waals surface area contributed by atoms with E-state index in [9.17, 15) is 19.6 Å². The zero-order valence-electron chi connectivity index (χ0n) is 38.8. The summed E-state index contributed by atoms with van der Waals surface area (Å²) in [6.07, 6.45) is -2.56. The number of amides is 1. The van der Waals surface area contributed by atoms with Gasteiger partial charge in [0.2, 0.25) is 5.91 Å². The highest BCUT2D eigenvalue weighted by atomic mass is 31.2. The van der Waals surface area contributed by atoms with E-state index in [-0.39, 0.29) is 42.3 Å². The summed E-state index contributed by atoms with van der Waals surface area (Å²) in [7, 11) is -1.42. The Morgan fingerprint density at radius 3 is 1.94 bits per heavy atom. The molecule has 1 saturated heterocycles. The van der Waals surface area contributed by atoms with Crippen LogP contribution in [0.1, 0.15) is 83.2 Å². The number of H-pyrrole nitrogens is 1. The van der Waals surface area contributed by atoms with Gasteiger partial charge in [-0.2, -0.15) is 5.26 Å². The fourth-order valence-electron chi connectivity index (χ4n) is 7.58. The topological polar surface area (TPSA) is 190 Å². The number of methoxy groups -OCH3 is 2. The number of benzene rings is 3. The molecule has 5 rings (SSSR count). The van der Waals surface area contributed by atoms with Gasteiger partial charge in [-0.3, -0.25) is 19.1 Å². The van der Waals surface area contributed by atoms with Crippen LogP contribution in [0.3, 0.4) is 0 Å². The number of hydrogen-bond acceptors (Lipinski definition) is 12. The summed E-state index contributed by atoms with van der Waals surface area (Å²) in [5.41, 5.74) is 5.20. The molecule has 1 unspecified atom stereocenters. The van der Waals surface area contributed by atoms with Gasteiger partial charge in [0.25, 0.3) is 14.1 Å². The molecule has 1 aromatic heterocycles. The SMILES string of the molecule is COc1ccc(C(OC[C@H]2O[C@@H](c3cn(CC(N)=O)c(=O)[nH]c3=O)[C@H](O[Si](C)(C)C(C)(C)C)[C@@H]2OP(OCCC#N)N(C(C)C)C(C)C)(c2ccccc2)c2ccc(OC)cc2)cc1. The summed E-state index contributed by atoms with van der Waals surface area (Å²) >= 11 is 0. The molecule has 1 aliphatic rings. The zero-order chi connectivity index (χ0) is 47.0. The van der Waals surface area contributed by atoms with Crippen molar-refractivity contribution in [2.24, 2.45) is 5.73 Å². The van der Waals surface area contributed by atoms with Crippen LogP contribution >= 0.6 is 8.53 Å². The van der Waals surface area contributed by atoms with Crippen LogP contribution in [0.15, 0.2) is 94.6 Å². The Labute approximate surface area is 378 Å². The van der Waals surface area contributed by atoms with Crippen molar-refractivity contribution in [2.45, 2.75) is 122 Å². The van der Waals surface area contributed by atoms with Crippen LogP contribution in [0.5, 0.6) is 11.5 Å². The van der Waals surface area contributed by atoms with Gasteiger partial charge in [0.05, 0.1) is 45.5 Å². The van der Waals surface area contributed by atoms with Gasteiger partial charge in [0, 0.05) is 18.3 Å². The Morgan fingerprint density at radius 1 is 0.906 bits per heavy atom. The Kier molecular flexibility index (Phi) is 16.9. The molecule has 4 aromatic rings. The Bertz CT molecular complexity index is 2250. The number of nitrogens with two attached hydrogens (primary N) is 1. The van der Waals surface area contributed by atoms with Gasteiger partial charge in [0.15, 0.2) is 8.32 Å². The van der Waals surface area contributed by atoms with E-state index in [1.54, 1.807) is 14.2 Å². The smallest absolute Gasteiger partial charge is 0.328 e. The van der Waals surface area contributed by atoms with Gasteiger partial charge >= 0.3 is 5.69 Å². The first kappa shape index (κ1) is 50.3. The lowest BCUT2D eigenvalue weighted by Crippen LogP contribution is -2.50. The Morgan fingerprint density at radius 2 is 1.45 bits per heavy atom. The Balaban J connectivity index is 1.77. The number of nitrogens with zero attached hydrogens (tertiary/aromatic N) is 3. The molecule has 0 bridgehead atoms. The Hall–Kier alpha value is -4.69. The molecule has 346 valence electrons. The van der Waals surface area contributed by atoms with E-state index in [2.05, 4.69) is 49.6 Å². The van der Waals surface area contributed by atoms with Gasteiger partial charge in [-0.1, -0.05) is 75.4 Å². The van der Waals surface area contributed by atoms with Crippen molar-refractivity contribution in [3.63, 3.8) is 0 Å². The molecule has 1 fully saturated rings. The van der Waals surface area contributed by atoms with Crippen molar-refractivity contribution in [2.75, 3.05) is 27.4 Å². The number of aromatic nitrogens is 2. The quantitative estimate of drug-likeness (QED) is 0.0362. The number of hydrogen-bond donors (Lipinski definition) is 2. The maximum atomic E-state index is 14.0. The number of carbonyl (C=O) groups excluding carboxylic acids is 1. The van der Waals surface area contributed by atoms with Crippen molar-refractivity contribution in [1.82, 2.24) is 14.2 Å². The molecular weight excluding hydrogens is 854 g/mol. The molecule has 3 N–H and O–H groups in total. The number of primary amides is 1. The van der Waals surface area contributed by atoms with Gasteiger partial charge in [0.1, 0.15) is 48.1 Å². The first-order valence-corrected chi connectivity index (χ1v) is 25.5. The highest BCUT2D eigenvalue weighted by Crippen LogP contribution is 2.53. The molecule has 5 atom stereocenters. The molecule has 0 spiro atoms. The second-order valence-corrected chi connectivity index (χ2v) is 24.0. The predicted octanol–water partition coefficient (Wildman–Crippen LogP) is 7.54. The molecule has 2 heterocycles. The number of carbonyl (C=O) groups is 1. The van der Waals surface area contributed by atoms with E-state index in [4.69, 9.17) is 38.2 Å². The minimum absolute atomic E-state index is 0.0413. The largest absolute Gasteiger partial charge is 0.497 e. The number of ether oxygens (including phenoxy) is 4. The fourth-order valence-corrected chi connectivity index (χ4v) is 10.6. The summed E-state index contributed by atoms with van der Waals surface area (Å²) in [5.74, 6) is 0.550. The van der Waals surface area contributed by atoms with Crippen LogP contribution in [0.4, 0.5) is 0 Å². The van der Waals surface area contributed by atoms with E-state index in [1.165, 1.54) is 6.20 Å². The highest BCUT2D eigenvalue weighted by molar-refractivity contribution is 7.44. The minimum Gasteiger partial charge on any atom is -0.497 e. The van der Waals surface area contributed by atoms with Crippen molar-refractivity contribution in [3.8, 4) is 17.6 Å². The second kappa shape index (κ2) is 21.5. The van der Waals surface area contributed by atoms with Gasteiger partial charge in [-0.15, -0.1) is 0 Å². The maximum absolute atomic E-state index is 14.0. The number of rotatable bonds is 21. The molecule has 3 aromatic carbocycles. The molecule has 0 saturated carbocycles. The van der Waals surface area contributed by atoms with E-state index in [0.29, 0.717) is 11.5 Å². The summed E-state index contributed by atoms with van der Waals surface area (Å²) in [5, 5.41) is 9.24. The zero-order valence-corrected chi connectivity index (χ0v) is 40.7. The minimum atomic E-state index is -2.74. The van der Waals surface area contributed by atoms with Crippen molar-refractivity contribution < 1.29 is 37.2 Å². The summed E-state index contributed by atoms with van der Waals surface area (Å²) in [6.45, 7) is 18.2. The normalized spacial score (nSPS) is 18.6. The summed E-state index contributed by atoms with van der Waals surface area (Å²) < 4.78 is 49.8. The third-order valence-corrected chi connectivity index (χ3v) is 18.3. The van der Waals surface area contributed by atoms with Crippen molar-refractivity contribution >= 4 is 22.8 Å². The third-order valence-electron chi connectivity index (χ3n) is 11.7. The molecule has 1 amide bonds. The van der Waals surface area contributed by atoms with E-state index < -0.39 is 70.6 Å². The number of nitrogens with one attached hydrogen (secondary N) is 1. The average molecular weight is 918 g/mol. The monoisotopic (exact) mass is 917 g/mol. The average Bonchev–Trinajstić information content (AvgIpc) is 3.56. The van der Waals surface area contributed by atoms with Gasteiger partial charge in [-0.05, 0) is 86.8 Å². The third kappa shape index (κ3) is 11.4. The van der Waals surface area contributed by atoms with E-state index >= 15 is 0 Å².